The second-order valence-corrected chi connectivity index (χ2v) is 7.25. The van der Waals surface area contributed by atoms with Gasteiger partial charge in [0.15, 0.2) is 0 Å². The van der Waals surface area contributed by atoms with Gasteiger partial charge in [-0.05, 0) is 54.9 Å². The van der Waals surface area contributed by atoms with E-state index in [0.29, 0.717) is 5.56 Å². The van der Waals surface area contributed by atoms with Crippen LogP contribution in [0.4, 0.5) is 10.2 Å². The molecule has 0 saturated carbocycles. The number of nitrogens with one attached hydrogen (secondary N) is 2. The van der Waals surface area contributed by atoms with Gasteiger partial charge in [0.05, 0.1) is 11.3 Å². The van der Waals surface area contributed by atoms with E-state index in [1.807, 2.05) is 24.3 Å². The molecule has 1 aliphatic heterocycles. The van der Waals surface area contributed by atoms with E-state index in [-0.39, 0.29) is 5.82 Å². The van der Waals surface area contributed by atoms with E-state index in [1.54, 1.807) is 24.4 Å². The Kier molecular flexibility index (Phi) is 5.90. The number of anilines is 1. The number of amides is 1. The van der Waals surface area contributed by atoms with Gasteiger partial charge in [0.2, 0.25) is 0 Å². The Balaban J connectivity index is 1.62. The number of rotatable bonds is 5. The molecular weight excluding hydrogens is 381 g/mol. The SMILES string of the molecule is NC(=O)c1cc(-c2ccnc(/C=C/c3ccc(F)cc3)c2)[nH]c1N1CCCNCC1. The van der Waals surface area contributed by atoms with Crippen LogP contribution in [0.1, 0.15) is 28.0 Å². The lowest BCUT2D eigenvalue weighted by Crippen LogP contribution is -2.30. The number of aromatic nitrogens is 2. The van der Waals surface area contributed by atoms with Gasteiger partial charge >= 0.3 is 0 Å². The van der Waals surface area contributed by atoms with Crippen molar-refractivity contribution >= 4 is 23.9 Å². The first-order valence-corrected chi connectivity index (χ1v) is 9.99. The number of pyridine rings is 1. The summed E-state index contributed by atoms with van der Waals surface area (Å²) in [6.07, 6.45) is 6.47. The fourth-order valence-corrected chi connectivity index (χ4v) is 3.57. The summed E-state index contributed by atoms with van der Waals surface area (Å²) in [6, 6.07) is 11.9. The minimum Gasteiger partial charge on any atom is -0.365 e. The molecule has 0 spiro atoms. The Hall–Kier alpha value is -3.45. The lowest BCUT2D eigenvalue weighted by Gasteiger charge is -2.21. The van der Waals surface area contributed by atoms with Crippen LogP contribution in [0.15, 0.2) is 48.7 Å². The van der Waals surface area contributed by atoms with Crippen LogP contribution in [0.5, 0.6) is 0 Å². The molecule has 3 heterocycles. The fourth-order valence-electron chi connectivity index (χ4n) is 3.57. The number of aromatic amines is 1. The highest BCUT2D eigenvalue weighted by Crippen LogP contribution is 2.28. The van der Waals surface area contributed by atoms with Gasteiger partial charge in [-0.1, -0.05) is 18.2 Å². The third kappa shape index (κ3) is 4.58. The maximum atomic E-state index is 13.1. The predicted molar refractivity (Wildman–Crippen MR) is 118 cm³/mol. The molecule has 1 saturated heterocycles. The molecule has 30 heavy (non-hydrogen) atoms. The molecule has 0 bridgehead atoms. The number of H-pyrrole nitrogens is 1. The molecule has 2 aromatic heterocycles. The number of carbonyl (C=O) groups is 1. The number of nitrogens with zero attached hydrogens (tertiary/aromatic N) is 2. The molecule has 0 atom stereocenters. The third-order valence-electron chi connectivity index (χ3n) is 5.13. The largest absolute Gasteiger partial charge is 0.365 e. The number of hydrogen-bond donors (Lipinski definition) is 3. The summed E-state index contributed by atoms with van der Waals surface area (Å²) in [7, 11) is 0. The van der Waals surface area contributed by atoms with Crippen molar-refractivity contribution in [2.45, 2.75) is 6.42 Å². The van der Waals surface area contributed by atoms with Crippen LogP contribution in [-0.2, 0) is 0 Å². The molecule has 6 nitrogen and oxygen atoms in total. The second kappa shape index (κ2) is 8.92. The summed E-state index contributed by atoms with van der Waals surface area (Å²) in [4.78, 5) is 22.0. The van der Waals surface area contributed by atoms with Gasteiger partial charge in [0, 0.05) is 37.1 Å². The van der Waals surface area contributed by atoms with Crippen molar-refractivity contribution in [1.29, 1.82) is 0 Å². The number of primary amides is 1. The summed E-state index contributed by atoms with van der Waals surface area (Å²) < 4.78 is 13.1. The molecule has 1 aromatic carbocycles. The van der Waals surface area contributed by atoms with E-state index in [4.69, 9.17) is 5.73 Å². The summed E-state index contributed by atoms with van der Waals surface area (Å²) in [6.45, 7) is 3.49. The lowest BCUT2D eigenvalue weighted by atomic mass is 10.1. The number of nitrogens with two attached hydrogens (primary N) is 1. The van der Waals surface area contributed by atoms with Crippen LogP contribution < -0.4 is 16.0 Å². The summed E-state index contributed by atoms with van der Waals surface area (Å²) in [5.41, 5.74) is 9.51. The van der Waals surface area contributed by atoms with Crippen molar-refractivity contribution in [1.82, 2.24) is 15.3 Å². The molecular formula is C23H24FN5O. The van der Waals surface area contributed by atoms with E-state index < -0.39 is 5.91 Å². The summed E-state index contributed by atoms with van der Waals surface area (Å²) in [5, 5.41) is 3.36. The number of benzene rings is 1. The first-order valence-electron chi connectivity index (χ1n) is 9.99. The van der Waals surface area contributed by atoms with Gasteiger partial charge in [0.1, 0.15) is 11.6 Å². The van der Waals surface area contributed by atoms with E-state index in [0.717, 1.165) is 60.9 Å². The van der Waals surface area contributed by atoms with Crippen molar-refractivity contribution in [2.24, 2.45) is 5.73 Å². The van der Waals surface area contributed by atoms with Gasteiger partial charge in [-0.3, -0.25) is 9.78 Å². The van der Waals surface area contributed by atoms with Crippen molar-refractivity contribution in [3.8, 4) is 11.3 Å². The first-order chi connectivity index (χ1) is 14.6. The van der Waals surface area contributed by atoms with E-state index in [9.17, 15) is 9.18 Å². The molecule has 4 N–H and O–H groups in total. The quantitative estimate of drug-likeness (QED) is 0.608. The number of carbonyl (C=O) groups excluding carboxylic acids is 1. The molecule has 1 fully saturated rings. The number of halogens is 1. The Morgan fingerprint density at radius 2 is 1.93 bits per heavy atom. The van der Waals surface area contributed by atoms with Gasteiger partial charge in [0.25, 0.3) is 5.91 Å². The molecule has 154 valence electrons. The summed E-state index contributed by atoms with van der Waals surface area (Å²) in [5.74, 6) is 0.0527. The Labute approximate surface area is 174 Å². The van der Waals surface area contributed by atoms with Crippen molar-refractivity contribution in [3.63, 3.8) is 0 Å². The van der Waals surface area contributed by atoms with Gasteiger partial charge in [-0.25, -0.2) is 4.39 Å². The van der Waals surface area contributed by atoms with E-state index >= 15 is 0 Å². The van der Waals surface area contributed by atoms with Gasteiger partial charge in [-0.15, -0.1) is 0 Å². The molecule has 1 amide bonds. The van der Waals surface area contributed by atoms with Crippen LogP contribution in [0.2, 0.25) is 0 Å². The van der Waals surface area contributed by atoms with Crippen molar-refractivity contribution in [3.05, 3.63) is 71.3 Å². The van der Waals surface area contributed by atoms with Crippen LogP contribution in [-0.4, -0.2) is 42.1 Å². The molecule has 3 aromatic rings. The maximum absolute atomic E-state index is 13.1. The normalized spacial score (nSPS) is 14.8. The van der Waals surface area contributed by atoms with E-state index in [2.05, 4.69) is 20.2 Å². The van der Waals surface area contributed by atoms with Crippen LogP contribution in [0, 0.1) is 5.82 Å². The van der Waals surface area contributed by atoms with Gasteiger partial charge < -0.3 is 20.9 Å². The molecule has 0 radical (unpaired) electrons. The minimum atomic E-state index is -0.449. The zero-order valence-electron chi connectivity index (χ0n) is 16.6. The van der Waals surface area contributed by atoms with Crippen molar-refractivity contribution < 1.29 is 9.18 Å². The second-order valence-electron chi connectivity index (χ2n) is 7.25. The molecule has 7 heteroatoms. The fraction of sp³-hybridized carbons (Fsp3) is 0.217. The third-order valence-corrected chi connectivity index (χ3v) is 5.13. The van der Waals surface area contributed by atoms with Crippen LogP contribution in [0.3, 0.4) is 0 Å². The topological polar surface area (TPSA) is 87.0 Å². The standard InChI is InChI=1S/C23H24FN5O/c24-18-5-2-16(3-6-18)4-7-19-14-17(8-10-27-19)21-15-20(22(25)30)23(28-21)29-12-1-9-26-11-13-29/h2-8,10,14-15,26,28H,1,9,11-13H2,(H2,25,30)/b7-4+. The maximum Gasteiger partial charge on any atom is 0.252 e. The first kappa shape index (κ1) is 19.8. The average Bonchev–Trinajstić information content (AvgIpc) is 3.03. The highest BCUT2D eigenvalue weighted by Gasteiger charge is 2.20. The predicted octanol–water partition coefficient (Wildman–Crippen LogP) is 3.28. The Morgan fingerprint density at radius 1 is 1.10 bits per heavy atom. The smallest absolute Gasteiger partial charge is 0.252 e. The van der Waals surface area contributed by atoms with Gasteiger partial charge in [-0.2, -0.15) is 0 Å². The average molecular weight is 405 g/mol. The Bertz CT molecular complexity index is 1050. The molecule has 0 unspecified atom stereocenters. The van der Waals surface area contributed by atoms with Crippen LogP contribution in [0.25, 0.3) is 23.4 Å². The highest BCUT2D eigenvalue weighted by molar-refractivity contribution is 5.99. The summed E-state index contributed by atoms with van der Waals surface area (Å²) >= 11 is 0. The molecule has 4 rings (SSSR count). The zero-order valence-corrected chi connectivity index (χ0v) is 16.6. The minimum absolute atomic E-state index is 0.264. The van der Waals surface area contributed by atoms with E-state index in [1.165, 1.54) is 12.1 Å². The Morgan fingerprint density at radius 3 is 2.73 bits per heavy atom. The molecule has 0 aliphatic carbocycles. The van der Waals surface area contributed by atoms with Crippen LogP contribution >= 0.6 is 0 Å². The lowest BCUT2D eigenvalue weighted by molar-refractivity contribution is 0.100. The zero-order chi connectivity index (χ0) is 20.9. The van der Waals surface area contributed by atoms with Crippen molar-refractivity contribution in [2.75, 3.05) is 31.1 Å². The molecule has 1 aliphatic rings. The number of hydrogen-bond acceptors (Lipinski definition) is 4. The monoisotopic (exact) mass is 405 g/mol. The highest BCUT2D eigenvalue weighted by atomic mass is 19.1.